The first-order chi connectivity index (χ1) is 12.8. The molecule has 0 aliphatic rings. The Balaban J connectivity index is 1.87. The smallest absolute Gasteiger partial charge is 0.317 e. The van der Waals surface area contributed by atoms with E-state index in [1.807, 2.05) is 38.1 Å². The van der Waals surface area contributed by atoms with Crippen molar-refractivity contribution in [1.82, 2.24) is 19.6 Å². The highest BCUT2D eigenvalue weighted by atomic mass is 16.6. The van der Waals surface area contributed by atoms with Gasteiger partial charge in [0.05, 0.1) is 28.5 Å². The highest BCUT2D eigenvalue weighted by Gasteiger charge is 2.27. The first-order valence-corrected chi connectivity index (χ1v) is 8.35. The second-order valence-electron chi connectivity index (χ2n) is 6.40. The highest BCUT2D eigenvalue weighted by molar-refractivity contribution is 6.06. The molecule has 140 valence electrons. The first-order valence-electron chi connectivity index (χ1n) is 8.35. The summed E-state index contributed by atoms with van der Waals surface area (Å²) in [5.74, 6) is -0.595. The Labute approximate surface area is 155 Å². The van der Waals surface area contributed by atoms with Crippen molar-refractivity contribution in [1.29, 1.82) is 0 Å². The van der Waals surface area contributed by atoms with Crippen molar-refractivity contribution in [2.24, 2.45) is 7.05 Å². The van der Waals surface area contributed by atoms with Crippen LogP contribution < -0.4 is 5.32 Å². The number of benzene rings is 1. The fourth-order valence-corrected chi connectivity index (χ4v) is 2.89. The van der Waals surface area contributed by atoms with Crippen LogP contribution in [0.3, 0.4) is 0 Å². The lowest BCUT2D eigenvalue weighted by molar-refractivity contribution is -0.385. The van der Waals surface area contributed by atoms with E-state index in [-0.39, 0.29) is 11.4 Å². The van der Waals surface area contributed by atoms with Crippen molar-refractivity contribution in [3.05, 3.63) is 68.8 Å². The Kier molecular flexibility index (Phi) is 4.76. The summed E-state index contributed by atoms with van der Waals surface area (Å²) in [5.41, 5.74) is 3.78. The average molecular weight is 368 g/mol. The molecule has 0 radical (unpaired) electrons. The van der Waals surface area contributed by atoms with Gasteiger partial charge in [0.15, 0.2) is 0 Å². The number of rotatable bonds is 5. The number of hydrogen-bond donors (Lipinski definition) is 1. The predicted molar refractivity (Wildman–Crippen MR) is 99.8 cm³/mol. The first kappa shape index (κ1) is 18.3. The molecule has 1 N–H and O–H groups in total. The van der Waals surface area contributed by atoms with E-state index in [1.54, 1.807) is 11.6 Å². The summed E-state index contributed by atoms with van der Waals surface area (Å²) in [6, 6.07) is 8.13. The Morgan fingerprint density at radius 2 is 1.89 bits per heavy atom. The quantitative estimate of drug-likeness (QED) is 0.550. The molecule has 0 aliphatic heterocycles. The minimum absolute atomic E-state index is 0.106. The number of carbonyl (C=O) groups excluding carboxylic acids is 1. The van der Waals surface area contributed by atoms with Crippen LogP contribution in [0.4, 0.5) is 11.4 Å². The molecule has 0 unspecified atom stereocenters. The number of amides is 1. The van der Waals surface area contributed by atoms with Gasteiger partial charge in [-0.3, -0.25) is 24.3 Å². The zero-order valence-corrected chi connectivity index (χ0v) is 15.6. The topological polar surface area (TPSA) is 108 Å². The van der Waals surface area contributed by atoms with Crippen molar-refractivity contribution in [3.63, 3.8) is 0 Å². The molecule has 0 saturated carbocycles. The molecule has 1 amide bonds. The second-order valence-corrected chi connectivity index (χ2v) is 6.40. The van der Waals surface area contributed by atoms with Gasteiger partial charge in [-0.1, -0.05) is 29.8 Å². The fraction of sp³-hybridized carbons (Fsp3) is 0.278. The van der Waals surface area contributed by atoms with Gasteiger partial charge in [0.1, 0.15) is 6.20 Å². The highest BCUT2D eigenvalue weighted by Crippen LogP contribution is 2.24. The van der Waals surface area contributed by atoms with Gasteiger partial charge in [0, 0.05) is 7.05 Å². The molecule has 0 fully saturated rings. The lowest BCUT2D eigenvalue weighted by Gasteiger charge is -2.08. The van der Waals surface area contributed by atoms with E-state index in [1.165, 1.54) is 17.3 Å². The SMILES string of the molecule is Cc1ccc(Cn2nc(C)c(NC(=O)c3c([N+](=O)[O-])cnn3C)c2C)cc1. The van der Waals surface area contributed by atoms with Crippen LogP contribution in [0, 0.1) is 30.9 Å². The number of anilines is 1. The van der Waals surface area contributed by atoms with E-state index in [9.17, 15) is 14.9 Å². The lowest BCUT2D eigenvalue weighted by atomic mass is 10.1. The van der Waals surface area contributed by atoms with Gasteiger partial charge in [-0.2, -0.15) is 10.2 Å². The molecule has 9 nitrogen and oxygen atoms in total. The summed E-state index contributed by atoms with van der Waals surface area (Å²) in [6.45, 7) is 6.22. The molecule has 3 rings (SSSR count). The van der Waals surface area contributed by atoms with Crippen molar-refractivity contribution < 1.29 is 9.72 Å². The Morgan fingerprint density at radius 1 is 1.22 bits per heavy atom. The predicted octanol–water partition coefficient (Wildman–Crippen LogP) is 2.75. The van der Waals surface area contributed by atoms with Gasteiger partial charge in [-0.25, -0.2) is 0 Å². The van der Waals surface area contributed by atoms with E-state index >= 15 is 0 Å². The van der Waals surface area contributed by atoms with Crippen LogP contribution in [-0.2, 0) is 13.6 Å². The van der Waals surface area contributed by atoms with Gasteiger partial charge in [0.25, 0.3) is 5.91 Å². The molecule has 0 atom stereocenters. The number of nitrogens with zero attached hydrogens (tertiary/aromatic N) is 5. The minimum Gasteiger partial charge on any atom is -0.317 e. The molecule has 0 saturated heterocycles. The van der Waals surface area contributed by atoms with Crippen LogP contribution in [0.2, 0.25) is 0 Å². The molecular formula is C18H20N6O3. The van der Waals surface area contributed by atoms with Crippen LogP contribution in [0.1, 0.15) is 33.0 Å². The molecule has 3 aromatic rings. The third kappa shape index (κ3) is 3.57. The molecule has 9 heteroatoms. The summed E-state index contributed by atoms with van der Waals surface area (Å²) in [4.78, 5) is 23.1. The summed E-state index contributed by atoms with van der Waals surface area (Å²) in [7, 11) is 1.49. The third-order valence-corrected chi connectivity index (χ3v) is 4.40. The maximum atomic E-state index is 12.6. The van der Waals surface area contributed by atoms with Crippen LogP contribution in [0.25, 0.3) is 0 Å². The minimum atomic E-state index is -0.623. The van der Waals surface area contributed by atoms with E-state index in [4.69, 9.17) is 0 Å². The maximum Gasteiger partial charge on any atom is 0.320 e. The van der Waals surface area contributed by atoms with Gasteiger partial charge < -0.3 is 5.32 Å². The van der Waals surface area contributed by atoms with Gasteiger partial charge in [-0.15, -0.1) is 0 Å². The molecule has 0 aliphatic carbocycles. The second kappa shape index (κ2) is 7.02. The summed E-state index contributed by atoms with van der Waals surface area (Å²) >= 11 is 0. The molecule has 27 heavy (non-hydrogen) atoms. The number of nitrogens with one attached hydrogen (secondary N) is 1. The van der Waals surface area contributed by atoms with E-state index in [0.29, 0.717) is 17.9 Å². The zero-order valence-electron chi connectivity index (χ0n) is 15.6. The van der Waals surface area contributed by atoms with Crippen LogP contribution >= 0.6 is 0 Å². The summed E-state index contributed by atoms with van der Waals surface area (Å²) in [6.07, 6.45) is 1.06. The van der Waals surface area contributed by atoms with Crippen molar-refractivity contribution in [2.45, 2.75) is 27.3 Å². The largest absolute Gasteiger partial charge is 0.320 e. The molecule has 2 heterocycles. The number of aromatic nitrogens is 4. The van der Waals surface area contributed by atoms with Crippen molar-refractivity contribution >= 4 is 17.3 Å². The number of carbonyl (C=O) groups is 1. The number of hydrogen-bond acceptors (Lipinski definition) is 5. The normalized spacial score (nSPS) is 10.8. The van der Waals surface area contributed by atoms with Gasteiger partial charge in [0.2, 0.25) is 5.69 Å². The van der Waals surface area contributed by atoms with Crippen LogP contribution in [-0.4, -0.2) is 30.4 Å². The zero-order chi connectivity index (χ0) is 19.7. The van der Waals surface area contributed by atoms with E-state index in [0.717, 1.165) is 17.5 Å². The molecule has 2 aromatic heterocycles. The molecule has 0 bridgehead atoms. The summed E-state index contributed by atoms with van der Waals surface area (Å²) in [5, 5.41) is 22.2. The van der Waals surface area contributed by atoms with Crippen molar-refractivity contribution in [3.8, 4) is 0 Å². The monoisotopic (exact) mass is 368 g/mol. The Bertz CT molecular complexity index is 1020. The van der Waals surface area contributed by atoms with Gasteiger partial charge in [-0.05, 0) is 26.3 Å². The van der Waals surface area contributed by atoms with Gasteiger partial charge >= 0.3 is 5.69 Å². The standard InChI is InChI=1S/C18H20N6O3/c1-11-5-7-14(8-6-11)10-23-13(3)16(12(2)21-23)20-18(25)17-15(24(26)27)9-19-22(17)4/h5-9H,10H2,1-4H3,(H,20,25). The third-order valence-electron chi connectivity index (χ3n) is 4.40. The Hall–Kier alpha value is -3.49. The summed E-state index contributed by atoms with van der Waals surface area (Å²) < 4.78 is 2.99. The van der Waals surface area contributed by atoms with E-state index in [2.05, 4.69) is 15.5 Å². The average Bonchev–Trinajstić information content (AvgIpc) is 3.12. The maximum absolute atomic E-state index is 12.6. The Morgan fingerprint density at radius 3 is 2.52 bits per heavy atom. The molecular weight excluding hydrogens is 348 g/mol. The van der Waals surface area contributed by atoms with Crippen molar-refractivity contribution in [2.75, 3.05) is 5.32 Å². The van der Waals surface area contributed by atoms with E-state index < -0.39 is 10.8 Å². The lowest BCUT2D eigenvalue weighted by Crippen LogP contribution is -2.18. The van der Waals surface area contributed by atoms with Crippen LogP contribution in [0.15, 0.2) is 30.5 Å². The number of aryl methyl sites for hydroxylation is 3. The molecule has 0 spiro atoms. The molecule has 1 aromatic carbocycles. The van der Waals surface area contributed by atoms with Crippen LogP contribution in [0.5, 0.6) is 0 Å². The number of nitro groups is 1. The fourth-order valence-electron chi connectivity index (χ4n) is 2.89.